The number of benzene rings is 1. The number of amides is 1. The number of carbonyl (C=O) groups excluding carboxylic acids is 1. The highest BCUT2D eigenvalue weighted by atomic mass is 79.9. The van der Waals surface area contributed by atoms with Crippen molar-refractivity contribution in [2.45, 2.75) is 0 Å². The van der Waals surface area contributed by atoms with Crippen LogP contribution in [0.5, 0.6) is 11.5 Å². The van der Waals surface area contributed by atoms with Gasteiger partial charge < -0.3 is 19.8 Å². The minimum absolute atomic E-state index is 0.0759. The maximum atomic E-state index is 12.2. The molecule has 0 unspecified atom stereocenters. The molecule has 0 saturated heterocycles. The SMILES string of the molecule is COCCN(CCBr)C(=O)c1ccc(O)cc1O. The van der Waals surface area contributed by atoms with Crippen LogP contribution in [0.3, 0.4) is 0 Å². The summed E-state index contributed by atoms with van der Waals surface area (Å²) in [5.74, 6) is -0.589. The zero-order valence-electron chi connectivity index (χ0n) is 10.1. The Morgan fingerprint density at radius 2 is 2.11 bits per heavy atom. The molecule has 100 valence electrons. The minimum atomic E-state index is -0.288. The van der Waals surface area contributed by atoms with Gasteiger partial charge in [-0.2, -0.15) is 0 Å². The van der Waals surface area contributed by atoms with E-state index < -0.39 is 0 Å². The van der Waals surface area contributed by atoms with Crippen LogP contribution in [0.15, 0.2) is 18.2 Å². The Kier molecular flexibility index (Phi) is 5.94. The molecule has 1 amide bonds. The number of aromatic hydroxyl groups is 2. The van der Waals surface area contributed by atoms with Gasteiger partial charge >= 0.3 is 0 Å². The van der Waals surface area contributed by atoms with Crippen LogP contribution in [0.2, 0.25) is 0 Å². The first-order valence-corrected chi connectivity index (χ1v) is 6.58. The highest BCUT2D eigenvalue weighted by molar-refractivity contribution is 9.09. The second-order valence-corrected chi connectivity index (χ2v) is 4.47. The third kappa shape index (κ3) is 3.89. The van der Waals surface area contributed by atoms with Gasteiger partial charge in [-0.15, -0.1) is 0 Å². The van der Waals surface area contributed by atoms with Crippen LogP contribution in [0.1, 0.15) is 10.4 Å². The molecule has 0 aliphatic rings. The van der Waals surface area contributed by atoms with Crippen molar-refractivity contribution in [3.63, 3.8) is 0 Å². The predicted molar refractivity (Wildman–Crippen MR) is 71.3 cm³/mol. The first-order chi connectivity index (χ1) is 8.60. The van der Waals surface area contributed by atoms with Gasteiger partial charge in [0.2, 0.25) is 0 Å². The van der Waals surface area contributed by atoms with E-state index in [0.29, 0.717) is 25.0 Å². The second-order valence-electron chi connectivity index (χ2n) is 3.68. The average molecular weight is 318 g/mol. The van der Waals surface area contributed by atoms with Gasteiger partial charge in [0.1, 0.15) is 11.5 Å². The van der Waals surface area contributed by atoms with Crippen molar-refractivity contribution in [2.24, 2.45) is 0 Å². The van der Waals surface area contributed by atoms with Gasteiger partial charge in [-0.3, -0.25) is 4.79 Å². The maximum Gasteiger partial charge on any atom is 0.257 e. The van der Waals surface area contributed by atoms with E-state index in [1.165, 1.54) is 12.1 Å². The minimum Gasteiger partial charge on any atom is -0.508 e. The van der Waals surface area contributed by atoms with Crippen molar-refractivity contribution >= 4 is 21.8 Å². The number of halogens is 1. The number of alkyl halides is 1. The van der Waals surface area contributed by atoms with Crippen molar-refractivity contribution in [2.75, 3.05) is 32.1 Å². The topological polar surface area (TPSA) is 70.0 Å². The summed E-state index contributed by atoms with van der Waals surface area (Å²) in [6.07, 6.45) is 0. The molecule has 6 heteroatoms. The monoisotopic (exact) mass is 317 g/mol. The summed E-state index contributed by atoms with van der Waals surface area (Å²) in [6, 6.07) is 3.92. The highest BCUT2D eigenvalue weighted by Crippen LogP contribution is 2.23. The van der Waals surface area contributed by atoms with E-state index in [2.05, 4.69) is 15.9 Å². The summed E-state index contributed by atoms with van der Waals surface area (Å²) >= 11 is 3.28. The molecule has 0 radical (unpaired) electrons. The van der Waals surface area contributed by atoms with Crippen LogP contribution in [-0.4, -0.2) is 53.2 Å². The molecule has 1 aromatic carbocycles. The average Bonchev–Trinajstić information content (AvgIpc) is 2.33. The molecule has 1 aromatic rings. The van der Waals surface area contributed by atoms with E-state index in [9.17, 15) is 15.0 Å². The molecule has 0 fully saturated rings. The fourth-order valence-electron chi connectivity index (χ4n) is 1.49. The summed E-state index contributed by atoms with van der Waals surface area (Å²) in [5, 5.41) is 19.5. The van der Waals surface area contributed by atoms with Crippen LogP contribution >= 0.6 is 15.9 Å². The molecule has 0 saturated carbocycles. The Bertz CT molecular complexity index is 411. The second kappa shape index (κ2) is 7.23. The lowest BCUT2D eigenvalue weighted by Crippen LogP contribution is -2.35. The van der Waals surface area contributed by atoms with Gasteiger partial charge in [-0.1, -0.05) is 15.9 Å². The zero-order valence-corrected chi connectivity index (χ0v) is 11.7. The summed E-state index contributed by atoms with van der Waals surface area (Å²) in [5.41, 5.74) is 0.171. The smallest absolute Gasteiger partial charge is 0.257 e. The fourth-order valence-corrected chi connectivity index (χ4v) is 1.92. The first kappa shape index (κ1) is 14.8. The quantitative estimate of drug-likeness (QED) is 0.782. The first-order valence-electron chi connectivity index (χ1n) is 5.46. The van der Waals surface area contributed by atoms with Crippen molar-refractivity contribution < 1.29 is 19.7 Å². The molecule has 0 bridgehead atoms. The van der Waals surface area contributed by atoms with Crippen LogP contribution in [0, 0.1) is 0 Å². The predicted octanol–water partition coefficient (Wildman–Crippen LogP) is 1.58. The number of phenols is 2. The van der Waals surface area contributed by atoms with Crippen LogP contribution < -0.4 is 0 Å². The number of ether oxygens (including phenoxy) is 1. The fraction of sp³-hybridized carbons (Fsp3) is 0.417. The largest absolute Gasteiger partial charge is 0.508 e. The van der Waals surface area contributed by atoms with E-state index in [-0.39, 0.29) is 23.0 Å². The van der Waals surface area contributed by atoms with E-state index in [0.717, 1.165) is 6.07 Å². The van der Waals surface area contributed by atoms with Crippen molar-refractivity contribution in [1.29, 1.82) is 0 Å². The van der Waals surface area contributed by atoms with Gasteiger partial charge in [0.25, 0.3) is 5.91 Å². The lowest BCUT2D eigenvalue weighted by Gasteiger charge is -2.21. The summed E-state index contributed by atoms with van der Waals surface area (Å²) in [4.78, 5) is 13.8. The van der Waals surface area contributed by atoms with E-state index in [1.807, 2.05) is 0 Å². The summed E-state index contributed by atoms with van der Waals surface area (Å²) in [7, 11) is 1.56. The number of hydrogen-bond donors (Lipinski definition) is 2. The molecule has 0 aliphatic heterocycles. The Labute approximate surface area is 114 Å². The van der Waals surface area contributed by atoms with Crippen molar-refractivity contribution in [3.8, 4) is 11.5 Å². The molecule has 0 heterocycles. The molecule has 2 N–H and O–H groups in total. The Hall–Kier alpha value is -1.27. The van der Waals surface area contributed by atoms with Crippen LogP contribution in [0.4, 0.5) is 0 Å². The van der Waals surface area contributed by atoms with Gasteiger partial charge in [0.05, 0.1) is 12.2 Å². The highest BCUT2D eigenvalue weighted by Gasteiger charge is 2.18. The summed E-state index contributed by atoms with van der Waals surface area (Å²) < 4.78 is 4.94. The normalized spacial score (nSPS) is 10.3. The molecule has 5 nitrogen and oxygen atoms in total. The molecule has 0 atom stereocenters. The standard InChI is InChI=1S/C12H16BrNO4/c1-18-7-6-14(5-4-13)12(17)10-3-2-9(15)8-11(10)16/h2-3,8,15-16H,4-7H2,1H3. The van der Waals surface area contributed by atoms with Gasteiger partial charge in [-0.05, 0) is 12.1 Å². The van der Waals surface area contributed by atoms with Gasteiger partial charge in [0, 0.05) is 31.6 Å². The third-order valence-corrected chi connectivity index (χ3v) is 2.77. The van der Waals surface area contributed by atoms with Crippen LogP contribution in [-0.2, 0) is 4.74 Å². The number of rotatable bonds is 6. The number of methoxy groups -OCH3 is 1. The molecular weight excluding hydrogens is 302 g/mol. The number of hydrogen-bond acceptors (Lipinski definition) is 4. The van der Waals surface area contributed by atoms with E-state index >= 15 is 0 Å². The molecule has 0 spiro atoms. The van der Waals surface area contributed by atoms with E-state index in [1.54, 1.807) is 12.0 Å². The Morgan fingerprint density at radius 3 is 2.67 bits per heavy atom. The number of nitrogens with zero attached hydrogens (tertiary/aromatic N) is 1. The molecule has 18 heavy (non-hydrogen) atoms. The van der Waals surface area contributed by atoms with Crippen molar-refractivity contribution in [1.82, 2.24) is 4.90 Å². The molecule has 0 aliphatic carbocycles. The van der Waals surface area contributed by atoms with Gasteiger partial charge in [-0.25, -0.2) is 0 Å². The summed E-state index contributed by atoms with van der Waals surface area (Å²) in [6.45, 7) is 1.39. The zero-order chi connectivity index (χ0) is 13.5. The maximum absolute atomic E-state index is 12.2. The number of carbonyl (C=O) groups is 1. The third-order valence-electron chi connectivity index (χ3n) is 2.42. The lowest BCUT2D eigenvalue weighted by molar-refractivity contribution is 0.0706. The molecule has 0 aromatic heterocycles. The van der Waals surface area contributed by atoms with Crippen LogP contribution in [0.25, 0.3) is 0 Å². The number of phenolic OH excluding ortho intramolecular Hbond substituents is 2. The van der Waals surface area contributed by atoms with Gasteiger partial charge in [0.15, 0.2) is 0 Å². The Balaban J connectivity index is 2.87. The lowest BCUT2D eigenvalue weighted by atomic mass is 10.1. The molecular formula is C12H16BrNO4. The molecule has 1 rings (SSSR count). The van der Waals surface area contributed by atoms with Crippen molar-refractivity contribution in [3.05, 3.63) is 23.8 Å². The Morgan fingerprint density at radius 1 is 1.39 bits per heavy atom. The van der Waals surface area contributed by atoms with E-state index in [4.69, 9.17) is 4.74 Å².